The highest BCUT2D eigenvalue weighted by atomic mass is 32.1. The van der Waals surface area contributed by atoms with Gasteiger partial charge in [-0.1, -0.05) is 31.2 Å². The van der Waals surface area contributed by atoms with E-state index in [0.29, 0.717) is 11.8 Å². The summed E-state index contributed by atoms with van der Waals surface area (Å²) in [6.07, 6.45) is 0.947. The first-order valence-electron chi connectivity index (χ1n) is 7.34. The molecule has 21 heavy (non-hydrogen) atoms. The molecule has 2 rings (SSSR count). The molecule has 0 spiro atoms. The summed E-state index contributed by atoms with van der Waals surface area (Å²) in [5.74, 6) is 0.370. The number of nitrogens with one attached hydrogen (secondary N) is 1. The molecule has 2 unspecified atom stereocenters. The Morgan fingerprint density at radius 2 is 1.95 bits per heavy atom. The maximum Gasteiger partial charge on any atom is 0.120 e. The highest BCUT2D eigenvalue weighted by Gasteiger charge is 2.18. The molecule has 2 N–H and O–H groups in total. The van der Waals surface area contributed by atoms with Crippen LogP contribution in [0.2, 0.25) is 0 Å². The van der Waals surface area contributed by atoms with Crippen LogP contribution in [0.3, 0.4) is 0 Å². The second-order valence-electron chi connectivity index (χ2n) is 5.42. The molecule has 0 aliphatic heterocycles. The molecule has 0 fully saturated rings. The minimum Gasteiger partial charge on any atom is -0.508 e. The molecule has 3 nitrogen and oxygen atoms in total. The number of phenolic OH excluding ortho intramolecular Hbond substituents is 1. The average Bonchev–Trinajstić information content (AvgIpc) is 2.98. The van der Waals surface area contributed by atoms with Gasteiger partial charge in [0.1, 0.15) is 5.75 Å². The van der Waals surface area contributed by atoms with Crippen molar-refractivity contribution in [2.75, 3.05) is 20.6 Å². The van der Waals surface area contributed by atoms with Crippen molar-refractivity contribution in [3.8, 4) is 5.75 Å². The Kier molecular flexibility index (Phi) is 5.79. The molecule has 0 amide bonds. The Bertz CT molecular complexity index is 539. The van der Waals surface area contributed by atoms with Gasteiger partial charge in [-0.25, -0.2) is 0 Å². The third-order valence-electron chi connectivity index (χ3n) is 3.77. The quantitative estimate of drug-likeness (QED) is 0.817. The van der Waals surface area contributed by atoms with E-state index < -0.39 is 0 Å². The number of nitrogens with zero attached hydrogens (tertiary/aromatic N) is 1. The number of para-hydroxylation sites is 1. The zero-order valence-corrected chi connectivity index (χ0v) is 13.7. The van der Waals surface area contributed by atoms with Crippen LogP contribution < -0.4 is 5.32 Å². The number of hydrogen-bond acceptors (Lipinski definition) is 4. The van der Waals surface area contributed by atoms with Crippen LogP contribution in [0.25, 0.3) is 0 Å². The van der Waals surface area contributed by atoms with Gasteiger partial charge in [-0.15, -0.1) is 11.3 Å². The van der Waals surface area contributed by atoms with E-state index in [9.17, 15) is 5.11 Å². The SMILES string of the molecule is CCC(NCC(c1cccs1)N(C)C)c1ccccc1O. The third kappa shape index (κ3) is 4.06. The van der Waals surface area contributed by atoms with E-state index in [4.69, 9.17) is 0 Å². The number of likely N-dealkylation sites (N-methyl/N-ethyl adjacent to an activating group) is 1. The Labute approximate surface area is 131 Å². The van der Waals surface area contributed by atoms with Crippen LogP contribution in [-0.4, -0.2) is 30.6 Å². The molecule has 0 radical (unpaired) electrons. The summed E-state index contributed by atoms with van der Waals surface area (Å²) in [5.41, 5.74) is 0.976. The van der Waals surface area contributed by atoms with Gasteiger partial charge in [0.15, 0.2) is 0 Å². The molecule has 1 aromatic carbocycles. The Morgan fingerprint density at radius 1 is 1.19 bits per heavy atom. The van der Waals surface area contributed by atoms with Gasteiger partial charge in [0.25, 0.3) is 0 Å². The number of rotatable bonds is 7. The van der Waals surface area contributed by atoms with Gasteiger partial charge in [0.05, 0.1) is 6.04 Å². The van der Waals surface area contributed by atoms with Gasteiger partial charge in [-0.05, 0) is 38.0 Å². The average molecular weight is 304 g/mol. The van der Waals surface area contributed by atoms with Crippen molar-refractivity contribution < 1.29 is 5.11 Å². The Balaban J connectivity index is 2.07. The van der Waals surface area contributed by atoms with Crippen LogP contribution in [0.5, 0.6) is 5.75 Å². The van der Waals surface area contributed by atoms with Crippen LogP contribution in [0, 0.1) is 0 Å². The summed E-state index contributed by atoms with van der Waals surface area (Å²) in [6, 6.07) is 12.4. The second-order valence-corrected chi connectivity index (χ2v) is 6.40. The molecule has 1 heterocycles. The van der Waals surface area contributed by atoms with Crippen molar-refractivity contribution in [1.82, 2.24) is 10.2 Å². The van der Waals surface area contributed by atoms with E-state index in [-0.39, 0.29) is 6.04 Å². The number of aromatic hydroxyl groups is 1. The maximum atomic E-state index is 10.0. The molecule has 2 aromatic rings. The third-order valence-corrected chi connectivity index (χ3v) is 4.75. The van der Waals surface area contributed by atoms with Crippen LogP contribution in [0.1, 0.15) is 35.9 Å². The fourth-order valence-electron chi connectivity index (χ4n) is 2.53. The van der Waals surface area contributed by atoms with Crippen molar-refractivity contribution in [3.63, 3.8) is 0 Å². The van der Waals surface area contributed by atoms with E-state index in [1.54, 1.807) is 17.4 Å². The zero-order valence-electron chi connectivity index (χ0n) is 12.9. The number of thiophene rings is 1. The zero-order chi connectivity index (χ0) is 15.2. The topological polar surface area (TPSA) is 35.5 Å². The van der Waals surface area contributed by atoms with E-state index in [0.717, 1.165) is 18.5 Å². The lowest BCUT2D eigenvalue weighted by Gasteiger charge is -2.27. The number of phenols is 1. The second kappa shape index (κ2) is 7.59. The molecule has 4 heteroatoms. The lowest BCUT2D eigenvalue weighted by molar-refractivity contribution is 0.281. The summed E-state index contributed by atoms with van der Waals surface area (Å²) >= 11 is 1.79. The van der Waals surface area contributed by atoms with Crippen molar-refractivity contribution in [3.05, 3.63) is 52.2 Å². The van der Waals surface area contributed by atoms with Gasteiger partial charge in [0.2, 0.25) is 0 Å². The van der Waals surface area contributed by atoms with Crippen LogP contribution in [-0.2, 0) is 0 Å². The molecule has 0 saturated carbocycles. The van der Waals surface area contributed by atoms with Gasteiger partial charge in [-0.2, -0.15) is 0 Å². The van der Waals surface area contributed by atoms with Crippen molar-refractivity contribution in [2.24, 2.45) is 0 Å². The van der Waals surface area contributed by atoms with Crippen molar-refractivity contribution in [1.29, 1.82) is 0 Å². The number of hydrogen-bond donors (Lipinski definition) is 2. The molecule has 1 aromatic heterocycles. The molecule has 0 bridgehead atoms. The first-order valence-corrected chi connectivity index (χ1v) is 8.22. The van der Waals surface area contributed by atoms with Gasteiger partial charge < -0.3 is 15.3 Å². The van der Waals surface area contributed by atoms with Gasteiger partial charge in [0, 0.05) is 23.0 Å². The van der Waals surface area contributed by atoms with Crippen LogP contribution in [0.15, 0.2) is 41.8 Å². The largest absolute Gasteiger partial charge is 0.508 e. The van der Waals surface area contributed by atoms with Crippen molar-refractivity contribution in [2.45, 2.75) is 25.4 Å². The van der Waals surface area contributed by atoms with E-state index in [1.807, 2.05) is 18.2 Å². The lowest BCUT2D eigenvalue weighted by atomic mass is 10.0. The summed E-state index contributed by atoms with van der Waals surface area (Å²) in [4.78, 5) is 3.59. The highest BCUT2D eigenvalue weighted by molar-refractivity contribution is 7.10. The summed E-state index contributed by atoms with van der Waals surface area (Å²) in [7, 11) is 4.21. The predicted molar refractivity (Wildman–Crippen MR) is 89.9 cm³/mol. The monoisotopic (exact) mass is 304 g/mol. The highest BCUT2D eigenvalue weighted by Crippen LogP contribution is 2.28. The van der Waals surface area contributed by atoms with Gasteiger partial charge in [-0.3, -0.25) is 0 Å². The molecule has 2 atom stereocenters. The van der Waals surface area contributed by atoms with E-state index >= 15 is 0 Å². The van der Waals surface area contributed by atoms with E-state index in [2.05, 4.69) is 48.7 Å². The first kappa shape index (κ1) is 16.0. The fraction of sp³-hybridized carbons (Fsp3) is 0.412. The minimum atomic E-state index is 0.175. The van der Waals surface area contributed by atoms with Crippen molar-refractivity contribution >= 4 is 11.3 Å². The molecule has 0 aliphatic rings. The fourth-order valence-corrected chi connectivity index (χ4v) is 3.45. The minimum absolute atomic E-state index is 0.175. The van der Waals surface area contributed by atoms with E-state index in [1.165, 1.54) is 4.88 Å². The lowest BCUT2D eigenvalue weighted by Crippen LogP contribution is -2.32. The Hall–Kier alpha value is -1.36. The molecular formula is C17H24N2OS. The normalized spacial score (nSPS) is 14.3. The van der Waals surface area contributed by atoms with Gasteiger partial charge >= 0.3 is 0 Å². The standard InChI is InChI=1S/C17H24N2OS/c1-4-14(13-8-5-6-9-16(13)20)18-12-15(19(2)3)17-10-7-11-21-17/h5-11,14-15,18,20H,4,12H2,1-3H3. The predicted octanol–water partition coefficient (Wildman–Crippen LogP) is 3.80. The summed E-state index contributed by atoms with van der Waals surface area (Å²) in [6.45, 7) is 3.00. The summed E-state index contributed by atoms with van der Waals surface area (Å²) < 4.78 is 0. The molecule has 0 saturated heterocycles. The molecule has 114 valence electrons. The smallest absolute Gasteiger partial charge is 0.120 e. The first-order chi connectivity index (χ1) is 10.1. The van der Waals surface area contributed by atoms with Crippen LogP contribution in [0.4, 0.5) is 0 Å². The van der Waals surface area contributed by atoms with Crippen LogP contribution >= 0.6 is 11.3 Å². The summed E-state index contributed by atoms with van der Waals surface area (Å²) in [5, 5.41) is 15.7. The maximum absolute atomic E-state index is 10.0. The Morgan fingerprint density at radius 3 is 2.52 bits per heavy atom. The molecule has 0 aliphatic carbocycles. The number of benzene rings is 1. The molecular weight excluding hydrogens is 280 g/mol.